The number of benzene rings is 2. The van der Waals surface area contributed by atoms with Gasteiger partial charge in [-0.2, -0.15) is 0 Å². The number of halogens is 1. The smallest absolute Gasteiger partial charge is 0.253 e. The molecule has 0 aliphatic heterocycles. The van der Waals surface area contributed by atoms with Crippen LogP contribution in [0.1, 0.15) is 22.8 Å². The van der Waals surface area contributed by atoms with Crippen molar-refractivity contribution in [3.05, 3.63) is 65.7 Å². The molecule has 0 heterocycles. The van der Waals surface area contributed by atoms with Crippen LogP contribution in [-0.4, -0.2) is 64.1 Å². The number of anilines is 1. The lowest BCUT2D eigenvalue weighted by Gasteiger charge is -2.27. The van der Waals surface area contributed by atoms with E-state index in [1.165, 1.54) is 5.69 Å². The Morgan fingerprint density at radius 2 is 1.73 bits per heavy atom. The Hall–Kier alpha value is -2.29. The zero-order valence-corrected chi connectivity index (χ0v) is 20.9. The molecule has 0 aliphatic rings. The number of carbonyl (C=O) groups is 1. The number of guanidine groups is 1. The second-order valence-corrected chi connectivity index (χ2v) is 7.33. The van der Waals surface area contributed by atoms with E-state index in [9.17, 15) is 4.79 Å². The van der Waals surface area contributed by atoms with E-state index in [0.29, 0.717) is 11.6 Å². The minimum Gasteiger partial charge on any atom is -0.370 e. The van der Waals surface area contributed by atoms with E-state index in [0.717, 1.165) is 31.0 Å². The molecule has 0 bridgehead atoms. The molecule has 0 radical (unpaired) electrons. The third-order valence-corrected chi connectivity index (χ3v) is 4.90. The number of nitrogens with one attached hydrogen (secondary N) is 2. The highest BCUT2D eigenvalue weighted by atomic mass is 127. The van der Waals surface area contributed by atoms with Gasteiger partial charge in [-0.05, 0) is 43.2 Å². The third-order valence-electron chi connectivity index (χ3n) is 4.90. The summed E-state index contributed by atoms with van der Waals surface area (Å²) in [5.41, 5.74) is 3.03. The van der Waals surface area contributed by atoms with Crippen LogP contribution in [0.15, 0.2) is 59.6 Å². The number of carbonyl (C=O) groups excluding carboxylic acids is 1. The van der Waals surface area contributed by atoms with Gasteiger partial charge in [0.25, 0.3) is 5.91 Å². The molecule has 0 fully saturated rings. The Morgan fingerprint density at radius 3 is 2.37 bits per heavy atom. The zero-order valence-electron chi connectivity index (χ0n) is 18.6. The molecule has 1 amide bonds. The number of likely N-dealkylation sites (N-methyl/N-ethyl adjacent to an activating group) is 1. The van der Waals surface area contributed by atoms with Crippen LogP contribution in [0, 0.1) is 0 Å². The Labute approximate surface area is 197 Å². The lowest BCUT2D eigenvalue weighted by molar-refractivity contribution is 0.0827. The van der Waals surface area contributed by atoms with Gasteiger partial charge >= 0.3 is 0 Å². The maximum Gasteiger partial charge on any atom is 0.253 e. The summed E-state index contributed by atoms with van der Waals surface area (Å²) in [6.45, 7) is 3.70. The minimum atomic E-state index is 0. The molecule has 2 aromatic rings. The molecule has 2 N–H and O–H groups in total. The topological polar surface area (TPSA) is 60.0 Å². The van der Waals surface area contributed by atoms with Crippen molar-refractivity contribution in [2.45, 2.75) is 19.4 Å². The van der Waals surface area contributed by atoms with E-state index in [1.807, 2.05) is 42.5 Å². The average molecular weight is 523 g/mol. The molecule has 0 aromatic heterocycles. The molecule has 7 heteroatoms. The van der Waals surface area contributed by atoms with Crippen molar-refractivity contribution in [3.8, 4) is 0 Å². The zero-order chi connectivity index (χ0) is 21.2. The molecule has 1 atom stereocenters. The van der Waals surface area contributed by atoms with Crippen LogP contribution in [0.4, 0.5) is 5.69 Å². The van der Waals surface area contributed by atoms with Gasteiger partial charge in [-0.1, -0.05) is 30.3 Å². The number of aliphatic imine (C=N–C) groups is 1. The Bertz CT molecular complexity index is 810. The van der Waals surface area contributed by atoms with Crippen LogP contribution >= 0.6 is 24.0 Å². The molecule has 2 rings (SSSR count). The van der Waals surface area contributed by atoms with Gasteiger partial charge in [-0.3, -0.25) is 9.79 Å². The fourth-order valence-corrected chi connectivity index (χ4v) is 2.96. The SMILES string of the molecule is CN=C(NCCc1cccc(C(=O)N(C)C)c1)NCC(C)N(C)c1ccccc1.I. The van der Waals surface area contributed by atoms with Gasteiger partial charge in [0.1, 0.15) is 0 Å². The van der Waals surface area contributed by atoms with Crippen LogP contribution < -0.4 is 15.5 Å². The molecule has 0 saturated heterocycles. The van der Waals surface area contributed by atoms with Crippen LogP contribution in [0.3, 0.4) is 0 Å². The van der Waals surface area contributed by atoms with Crippen molar-refractivity contribution in [2.75, 3.05) is 46.2 Å². The Morgan fingerprint density at radius 1 is 1.03 bits per heavy atom. The number of nitrogens with zero attached hydrogens (tertiary/aromatic N) is 3. The minimum absolute atomic E-state index is 0. The Balaban J connectivity index is 0.00000450. The second-order valence-electron chi connectivity index (χ2n) is 7.33. The predicted molar refractivity (Wildman–Crippen MR) is 137 cm³/mol. The summed E-state index contributed by atoms with van der Waals surface area (Å²) < 4.78 is 0. The van der Waals surface area contributed by atoms with Crippen LogP contribution in [0.25, 0.3) is 0 Å². The number of amides is 1. The van der Waals surface area contributed by atoms with Crippen molar-refractivity contribution in [2.24, 2.45) is 4.99 Å². The predicted octanol–water partition coefficient (Wildman–Crippen LogP) is 3.24. The summed E-state index contributed by atoms with van der Waals surface area (Å²) in [5, 5.41) is 6.74. The fourth-order valence-electron chi connectivity index (χ4n) is 2.96. The van der Waals surface area contributed by atoms with Gasteiger partial charge in [-0.15, -0.1) is 24.0 Å². The van der Waals surface area contributed by atoms with Gasteiger partial charge in [0.15, 0.2) is 5.96 Å². The second kappa shape index (κ2) is 13.1. The molecule has 1 unspecified atom stereocenters. The van der Waals surface area contributed by atoms with Crippen molar-refractivity contribution < 1.29 is 4.79 Å². The van der Waals surface area contributed by atoms with Crippen molar-refractivity contribution in [1.29, 1.82) is 0 Å². The number of para-hydroxylation sites is 1. The van der Waals surface area contributed by atoms with Gasteiger partial charge in [-0.25, -0.2) is 0 Å². The van der Waals surface area contributed by atoms with Gasteiger partial charge in [0, 0.05) is 58.6 Å². The first-order valence-corrected chi connectivity index (χ1v) is 9.95. The maximum absolute atomic E-state index is 12.1. The van der Waals surface area contributed by atoms with Crippen LogP contribution in [0.2, 0.25) is 0 Å². The molecule has 0 aliphatic carbocycles. The van der Waals surface area contributed by atoms with Gasteiger partial charge < -0.3 is 20.4 Å². The monoisotopic (exact) mass is 523 g/mol. The summed E-state index contributed by atoms with van der Waals surface area (Å²) in [7, 11) is 7.40. The summed E-state index contributed by atoms with van der Waals surface area (Å²) in [5.74, 6) is 0.799. The third kappa shape index (κ3) is 7.85. The first-order valence-electron chi connectivity index (χ1n) is 9.95. The van der Waals surface area contributed by atoms with E-state index < -0.39 is 0 Å². The van der Waals surface area contributed by atoms with Crippen LogP contribution in [0.5, 0.6) is 0 Å². The summed E-state index contributed by atoms with van der Waals surface area (Å²) in [6, 6.07) is 18.4. The molecule has 0 spiro atoms. The van der Waals surface area contributed by atoms with Gasteiger partial charge in [0.05, 0.1) is 0 Å². The standard InChI is InChI=1S/C23H33N5O.HI/c1-18(28(5)21-12-7-6-8-13-21)17-26-23(24-2)25-15-14-19-10-9-11-20(16-19)22(29)27(3)4;/h6-13,16,18H,14-15,17H2,1-5H3,(H2,24,25,26);1H. The van der Waals surface area contributed by atoms with Crippen LogP contribution in [-0.2, 0) is 6.42 Å². The molecule has 30 heavy (non-hydrogen) atoms. The first kappa shape index (κ1) is 25.7. The quantitative estimate of drug-likeness (QED) is 0.317. The molecule has 164 valence electrons. The highest BCUT2D eigenvalue weighted by Gasteiger charge is 2.11. The molecular weight excluding hydrogens is 489 g/mol. The molecule has 2 aromatic carbocycles. The summed E-state index contributed by atoms with van der Waals surface area (Å²) >= 11 is 0. The largest absolute Gasteiger partial charge is 0.370 e. The molecule has 0 saturated carbocycles. The van der Waals surface area contributed by atoms with E-state index >= 15 is 0 Å². The van der Waals surface area contributed by atoms with Crippen molar-refractivity contribution in [1.82, 2.24) is 15.5 Å². The fraction of sp³-hybridized carbons (Fsp3) is 0.391. The number of hydrogen-bond donors (Lipinski definition) is 2. The Kier molecular flexibility index (Phi) is 11.2. The van der Waals surface area contributed by atoms with E-state index in [2.05, 4.69) is 46.6 Å². The van der Waals surface area contributed by atoms with Crippen molar-refractivity contribution >= 4 is 41.5 Å². The normalized spacial score (nSPS) is 11.8. The summed E-state index contributed by atoms with van der Waals surface area (Å²) in [4.78, 5) is 20.3. The van der Waals surface area contributed by atoms with E-state index in [-0.39, 0.29) is 29.9 Å². The highest BCUT2D eigenvalue weighted by molar-refractivity contribution is 14.0. The lowest BCUT2D eigenvalue weighted by Crippen LogP contribution is -2.45. The average Bonchev–Trinajstić information content (AvgIpc) is 2.75. The number of rotatable bonds is 8. The van der Waals surface area contributed by atoms with Gasteiger partial charge in [0.2, 0.25) is 0 Å². The van der Waals surface area contributed by atoms with E-state index in [4.69, 9.17) is 0 Å². The maximum atomic E-state index is 12.1. The van der Waals surface area contributed by atoms with Crippen molar-refractivity contribution in [3.63, 3.8) is 0 Å². The first-order chi connectivity index (χ1) is 13.9. The highest BCUT2D eigenvalue weighted by Crippen LogP contribution is 2.13. The van der Waals surface area contributed by atoms with E-state index in [1.54, 1.807) is 26.0 Å². The molecular formula is C23H34IN5O. The molecule has 6 nitrogen and oxygen atoms in total. The number of hydrogen-bond acceptors (Lipinski definition) is 3. The summed E-state index contributed by atoms with van der Waals surface area (Å²) in [6.07, 6.45) is 0.814. The lowest BCUT2D eigenvalue weighted by atomic mass is 10.1.